The first-order valence-electron chi connectivity index (χ1n) is 8.19. The Kier molecular flexibility index (Phi) is 6.30. The summed E-state index contributed by atoms with van der Waals surface area (Å²) in [5.41, 5.74) is 0.368. The molecule has 1 amide bonds. The molecule has 28 heavy (non-hydrogen) atoms. The van der Waals surface area contributed by atoms with Crippen molar-refractivity contribution in [1.82, 2.24) is 0 Å². The second kappa shape index (κ2) is 8.87. The number of hydrogen-bond donors (Lipinski definition) is 1. The third kappa shape index (κ3) is 4.33. The molecule has 8 heteroatoms. The molecule has 0 aliphatic rings. The number of carbonyl (C=O) groups excluding carboxylic acids is 1. The number of furan rings is 1. The summed E-state index contributed by atoms with van der Waals surface area (Å²) in [4.78, 5) is 12.6. The zero-order chi connectivity index (χ0) is 20.1. The Morgan fingerprint density at radius 2 is 1.61 bits per heavy atom. The minimum Gasteiger partial charge on any atom is -0.496 e. The van der Waals surface area contributed by atoms with Crippen LogP contribution in [-0.4, -0.2) is 27.2 Å². The van der Waals surface area contributed by atoms with E-state index in [0.717, 1.165) is 3.57 Å². The van der Waals surface area contributed by atoms with Crippen molar-refractivity contribution in [3.8, 4) is 28.9 Å². The third-order valence-electron chi connectivity index (χ3n) is 3.81. The van der Waals surface area contributed by atoms with Crippen LogP contribution in [-0.2, 0) is 0 Å². The zero-order valence-electron chi connectivity index (χ0n) is 15.4. The second-order valence-electron chi connectivity index (χ2n) is 5.51. The summed E-state index contributed by atoms with van der Waals surface area (Å²) in [6.45, 7) is 0. The Bertz CT molecular complexity index is 959. The largest absolute Gasteiger partial charge is 0.496 e. The fourth-order valence-corrected chi connectivity index (χ4v) is 2.93. The van der Waals surface area contributed by atoms with Crippen molar-refractivity contribution in [3.05, 3.63) is 57.9 Å². The fraction of sp³-hybridized carbons (Fsp3) is 0.150. The minimum absolute atomic E-state index is 0.0841. The van der Waals surface area contributed by atoms with Crippen LogP contribution in [0.5, 0.6) is 28.9 Å². The SMILES string of the molecule is COc1cc(OC)c(NC(=O)c2ccc(Oc3ccccc3I)o2)c(OC)c1. The number of nitrogens with one attached hydrogen (secondary N) is 1. The van der Waals surface area contributed by atoms with Gasteiger partial charge < -0.3 is 28.7 Å². The van der Waals surface area contributed by atoms with Crippen molar-refractivity contribution in [3.63, 3.8) is 0 Å². The average molecular weight is 495 g/mol. The van der Waals surface area contributed by atoms with E-state index in [-0.39, 0.29) is 11.7 Å². The van der Waals surface area contributed by atoms with Crippen LogP contribution in [0, 0.1) is 3.57 Å². The van der Waals surface area contributed by atoms with Crippen LogP contribution in [0.4, 0.5) is 5.69 Å². The number of hydrogen-bond acceptors (Lipinski definition) is 6. The summed E-state index contributed by atoms with van der Waals surface area (Å²) < 4.78 is 28.0. The lowest BCUT2D eigenvalue weighted by Crippen LogP contribution is -2.13. The van der Waals surface area contributed by atoms with Gasteiger partial charge in [0.25, 0.3) is 11.9 Å². The molecule has 0 fully saturated rings. The molecule has 0 aliphatic heterocycles. The molecule has 0 unspecified atom stereocenters. The summed E-state index contributed by atoms with van der Waals surface area (Å²) in [5.74, 6) is 1.79. The van der Waals surface area contributed by atoms with Crippen molar-refractivity contribution >= 4 is 34.2 Å². The summed E-state index contributed by atoms with van der Waals surface area (Å²) in [6, 6.07) is 13.9. The van der Waals surface area contributed by atoms with Crippen LogP contribution < -0.4 is 24.3 Å². The van der Waals surface area contributed by atoms with Crippen molar-refractivity contribution in [2.45, 2.75) is 0 Å². The number of benzene rings is 2. The molecule has 0 aliphatic carbocycles. The van der Waals surface area contributed by atoms with E-state index in [0.29, 0.717) is 28.7 Å². The van der Waals surface area contributed by atoms with E-state index in [4.69, 9.17) is 23.4 Å². The summed E-state index contributed by atoms with van der Waals surface area (Å²) in [6.07, 6.45) is 0. The molecule has 0 radical (unpaired) electrons. The summed E-state index contributed by atoms with van der Waals surface area (Å²) >= 11 is 2.16. The highest BCUT2D eigenvalue weighted by Crippen LogP contribution is 2.39. The van der Waals surface area contributed by atoms with Gasteiger partial charge in [-0.05, 0) is 40.8 Å². The molecule has 3 rings (SSSR count). The van der Waals surface area contributed by atoms with Gasteiger partial charge in [-0.3, -0.25) is 4.79 Å². The quantitative estimate of drug-likeness (QED) is 0.468. The lowest BCUT2D eigenvalue weighted by atomic mass is 10.2. The van der Waals surface area contributed by atoms with E-state index < -0.39 is 5.91 Å². The highest BCUT2D eigenvalue weighted by Gasteiger charge is 2.19. The van der Waals surface area contributed by atoms with Crippen LogP contribution in [0.1, 0.15) is 10.6 Å². The number of halogens is 1. The number of ether oxygens (including phenoxy) is 4. The lowest BCUT2D eigenvalue weighted by Gasteiger charge is -2.15. The van der Waals surface area contributed by atoms with Crippen LogP contribution in [0.25, 0.3) is 0 Å². The first-order valence-corrected chi connectivity index (χ1v) is 9.27. The molecule has 3 aromatic rings. The highest BCUT2D eigenvalue weighted by atomic mass is 127. The van der Waals surface area contributed by atoms with Crippen LogP contribution in [0.2, 0.25) is 0 Å². The fourth-order valence-electron chi connectivity index (χ4n) is 2.44. The van der Waals surface area contributed by atoms with E-state index in [2.05, 4.69) is 27.9 Å². The molecule has 1 heterocycles. The molecule has 0 spiro atoms. The maximum absolute atomic E-state index is 12.6. The Labute approximate surface area is 175 Å². The van der Waals surface area contributed by atoms with Gasteiger partial charge in [-0.25, -0.2) is 0 Å². The number of carbonyl (C=O) groups is 1. The standard InChI is InChI=1S/C20H18INO6/c1-24-12-10-16(25-2)19(17(11-12)26-3)22-20(23)15-8-9-18(28-15)27-14-7-5-4-6-13(14)21/h4-11H,1-3H3,(H,22,23). The van der Waals surface area contributed by atoms with Crippen molar-refractivity contribution in [2.24, 2.45) is 0 Å². The minimum atomic E-state index is -0.473. The van der Waals surface area contributed by atoms with Gasteiger partial charge in [0, 0.05) is 18.2 Å². The number of rotatable bonds is 7. The number of amides is 1. The number of para-hydroxylation sites is 1. The van der Waals surface area contributed by atoms with Gasteiger partial charge in [0.2, 0.25) is 0 Å². The molecule has 1 N–H and O–H groups in total. The van der Waals surface area contributed by atoms with Crippen molar-refractivity contribution in [1.29, 1.82) is 0 Å². The van der Waals surface area contributed by atoms with E-state index in [9.17, 15) is 4.79 Å². The van der Waals surface area contributed by atoms with Crippen LogP contribution in [0.15, 0.2) is 52.9 Å². The second-order valence-corrected chi connectivity index (χ2v) is 6.67. The van der Waals surface area contributed by atoms with Crippen LogP contribution >= 0.6 is 22.6 Å². The monoisotopic (exact) mass is 495 g/mol. The van der Waals surface area contributed by atoms with Gasteiger partial charge in [-0.15, -0.1) is 0 Å². The third-order valence-corrected chi connectivity index (χ3v) is 4.70. The molecule has 2 aromatic carbocycles. The van der Waals surface area contributed by atoms with Gasteiger partial charge in [0.05, 0.1) is 24.9 Å². The highest BCUT2D eigenvalue weighted by molar-refractivity contribution is 14.1. The van der Waals surface area contributed by atoms with Crippen molar-refractivity contribution < 1.29 is 28.2 Å². The molecule has 0 saturated heterocycles. The first kappa shape index (κ1) is 19.9. The Hall–Kier alpha value is -2.88. The predicted octanol–water partition coefficient (Wildman–Crippen LogP) is 4.95. The number of anilines is 1. The number of methoxy groups -OCH3 is 3. The van der Waals surface area contributed by atoms with Gasteiger partial charge in [0.1, 0.15) is 28.7 Å². The maximum atomic E-state index is 12.6. The molecule has 1 aromatic heterocycles. The van der Waals surface area contributed by atoms with E-state index in [1.165, 1.54) is 27.4 Å². The topological polar surface area (TPSA) is 79.2 Å². The van der Waals surface area contributed by atoms with Gasteiger partial charge >= 0.3 is 0 Å². The first-order chi connectivity index (χ1) is 13.5. The predicted molar refractivity (Wildman–Crippen MR) is 112 cm³/mol. The van der Waals surface area contributed by atoms with E-state index in [1.54, 1.807) is 18.2 Å². The summed E-state index contributed by atoms with van der Waals surface area (Å²) in [5, 5.41) is 2.74. The van der Waals surface area contributed by atoms with Crippen LogP contribution in [0.3, 0.4) is 0 Å². The van der Waals surface area contributed by atoms with E-state index >= 15 is 0 Å². The molecule has 7 nitrogen and oxygen atoms in total. The van der Waals surface area contributed by atoms with Crippen molar-refractivity contribution in [2.75, 3.05) is 26.6 Å². The lowest BCUT2D eigenvalue weighted by molar-refractivity contribution is 0.0991. The molecule has 146 valence electrons. The smallest absolute Gasteiger partial charge is 0.291 e. The Balaban J connectivity index is 1.81. The molecule has 0 bridgehead atoms. The van der Waals surface area contributed by atoms with Gasteiger partial charge in [0.15, 0.2) is 5.76 Å². The molecule has 0 atom stereocenters. The molecule has 0 saturated carbocycles. The maximum Gasteiger partial charge on any atom is 0.291 e. The van der Waals surface area contributed by atoms with E-state index in [1.807, 2.05) is 24.3 Å². The normalized spacial score (nSPS) is 10.3. The average Bonchev–Trinajstić information content (AvgIpc) is 3.18. The van der Waals surface area contributed by atoms with Gasteiger partial charge in [-0.2, -0.15) is 0 Å². The summed E-state index contributed by atoms with van der Waals surface area (Å²) in [7, 11) is 4.51. The molecular formula is C20H18INO6. The Morgan fingerprint density at radius 3 is 2.21 bits per heavy atom. The zero-order valence-corrected chi connectivity index (χ0v) is 17.6. The molecular weight excluding hydrogens is 477 g/mol. The Morgan fingerprint density at radius 1 is 0.929 bits per heavy atom. The van der Waals surface area contributed by atoms with Gasteiger partial charge in [-0.1, -0.05) is 12.1 Å².